The van der Waals surface area contributed by atoms with Gasteiger partial charge in [0.2, 0.25) is 0 Å². The number of thioether (sulfide) groups is 1. The number of hydrogen-bond donors (Lipinski definition) is 2. The Balaban J connectivity index is 0.00000274. The summed E-state index contributed by atoms with van der Waals surface area (Å²) in [6.45, 7) is 8.45. The van der Waals surface area contributed by atoms with Gasteiger partial charge in [-0.25, -0.2) is 0 Å². The predicted octanol–water partition coefficient (Wildman–Crippen LogP) is 6.21. The molecule has 0 amide bonds. The van der Waals surface area contributed by atoms with E-state index < -0.39 is 0 Å². The number of fused-ring (bicyclic) bond motifs is 1. The first-order valence-electron chi connectivity index (χ1n) is 11.3. The van der Waals surface area contributed by atoms with E-state index in [1.165, 1.54) is 0 Å². The number of aromatic hydroxyl groups is 2. The zero-order valence-electron chi connectivity index (χ0n) is 19.3. The van der Waals surface area contributed by atoms with Crippen molar-refractivity contribution in [1.29, 1.82) is 0 Å². The third kappa shape index (κ3) is 5.40. The summed E-state index contributed by atoms with van der Waals surface area (Å²) in [6, 6.07) is 20.5. The van der Waals surface area contributed by atoms with Crippen LogP contribution in [0.15, 0.2) is 71.6 Å². The van der Waals surface area contributed by atoms with Gasteiger partial charge in [0.15, 0.2) is 0 Å². The lowest BCUT2D eigenvalue weighted by Gasteiger charge is -2.45. The van der Waals surface area contributed by atoms with Crippen molar-refractivity contribution in [2.75, 3.05) is 26.2 Å². The topological polar surface area (TPSA) is 62.2 Å². The second-order valence-electron chi connectivity index (χ2n) is 9.60. The van der Waals surface area contributed by atoms with Crippen molar-refractivity contribution in [2.24, 2.45) is 5.41 Å². The molecule has 0 bridgehead atoms. The Morgan fingerprint density at radius 1 is 0.971 bits per heavy atom. The third-order valence-electron chi connectivity index (χ3n) is 6.10. The fourth-order valence-electron chi connectivity index (χ4n) is 4.64. The molecule has 1 fully saturated rings. The van der Waals surface area contributed by atoms with Gasteiger partial charge in [-0.2, -0.15) is 0 Å². The molecule has 3 aromatic rings. The summed E-state index contributed by atoms with van der Waals surface area (Å²) < 4.78 is 12.4. The van der Waals surface area contributed by atoms with Crippen molar-refractivity contribution in [3.05, 3.63) is 77.9 Å². The van der Waals surface area contributed by atoms with E-state index in [-0.39, 0.29) is 35.3 Å². The average Bonchev–Trinajstić information content (AvgIpc) is 2.77. The maximum atomic E-state index is 10.0. The first-order chi connectivity index (χ1) is 15.9. The standard InChI is InChI=1S/C27H29NO4S.ClH/c1-27(2)16-28(17-27)12-13-31-22-9-6-18(7-10-22)25-26(19-4-3-5-20(29)14-19)33-24-15-21(30)8-11-23(24)32-25;/h3-11,14-15,25-26,29-30H,12-13,16-17H2,1-2H3;1H/t25-,26+;/m0./s1. The van der Waals surface area contributed by atoms with E-state index >= 15 is 0 Å². The largest absolute Gasteiger partial charge is 0.508 e. The molecule has 0 saturated carbocycles. The van der Waals surface area contributed by atoms with Crippen molar-refractivity contribution < 1.29 is 19.7 Å². The van der Waals surface area contributed by atoms with E-state index in [0.29, 0.717) is 12.0 Å². The number of halogens is 1. The maximum absolute atomic E-state index is 10.0. The van der Waals surface area contributed by atoms with Gasteiger partial charge in [0, 0.05) is 19.6 Å². The zero-order chi connectivity index (χ0) is 23.0. The van der Waals surface area contributed by atoms with Crippen molar-refractivity contribution in [3.8, 4) is 23.0 Å². The van der Waals surface area contributed by atoms with Crippen LogP contribution in [0.5, 0.6) is 23.0 Å². The molecule has 34 heavy (non-hydrogen) atoms. The Labute approximate surface area is 211 Å². The highest BCUT2D eigenvalue weighted by Crippen LogP contribution is 2.54. The smallest absolute Gasteiger partial charge is 0.140 e. The molecule has 2 aliphatic heterocycles. The first kappa shape index (κ1) is 24.6. The number of phenols is 2. The molecule has 0 unspecified atom stereocenters. The third-order valence-corrected chi connectivity index (χ3v) is 7.44. The molecular formula is C27H30ClNO4S. The molecule has 0 aromatic heterocycles. The second-order valence-corrected chi connectivity index (χ2v) is 10.8. The molecule has 0 aliphatic carbocycles. The lowest BCUT2D eigenvalue weighted by Crippen LogP contribution is -2.53. The van der Waals surface area contributed by atoms with Crippen LogP contribution in [0, 0.1) is 5.41 Å². The number of ether oxygens (including phenoxy) is 2. The Kier molecular flexibility index (Phi) is 7.22. The Morgan fingerprint density at radius 2 is 1.71 bits per heavy atom. The van der Waals surface area contributed by atoms with E-state index in [1.54, 1.807) is 42.1 Å². The van der Waals surface area contributed by atoms with Crippen molar-refractivity contribution >= 4 is 24.2 Å². The van der Waals surface area contributed by atoms with Crippen LogP contribution in [-0.2, 0) is 0 Å². The fourth-order valence-corrected chi connectivity index (χ4v) is 5.95. The van der Waals surface area contributed by atoms with E-state index in [0.717, 1.165) is 47.2 Å². The molecule has 2 aliphatic rings. The molecule has 7 heteroatoms. The van der Waals surface area contributed by atoms with Gasteiger partial charge >= 0.3 is 0 Å². The van der Waals surface area contributed by atoms with E-state index in [1.807, 2.05) is 24.3 Å². The van der Waals surface area contributed by atoms with Crippen molar-refractivity contribution in [1.82, 2.24) is 4.90 Å². The van der Waals surface area contributed by atoms with Gasteiger partial charge in [0.1, 0.15) is 35.7 Å². The van der Waals surface area contributed by atoms with Crippen molar-refractivity contribution in [3.63, 3.8) is 0 Å². The van der Waals surface area contributed by atoms with Crippen LogP contribution in [0.1, 0.15) is 36.3 Å². The highest BCUT2D eigenvalue weighted by molar-refractivity contribution is 7.99. The number of nitrogens with zero attached hydrogens (tertiary/aromatic N) is 1. The molecule has 2 atom stereocenters. The number of phenolic OH excluding ortho intramolecular Hbond substituents is 2. The monoisotopic (exact) mass is 499 g/mol. The Bertz CT molecular complexity index is 1130. The normalized spacial score (nSPS) is 20.9. The summed E-state index contributed by atoms with van der Waals surface area (Å²) in [5, 5.41) is 19.9. The second kappa shape index (κ2) is 9.98. The summed E-state index contributed by atoms with van der Waals surface area (Å²) in [6.07, 6.45) is -0.244. The molecule has 3 aromatic carbocycles. The molecule has 0 spiro atoms. The molecule has 0 radical (unpaired) electrons. The minimum absolute atomic E-state index is 0. The van der Waals surface area contributed by atoms with Gasteiger partial charge in [0.25, 0.3) is 0 Å². The summed E-state index contributed by atoms with van der Waals surface area (Å²) in [4.78, 5) is 3.30. The molecule has 2 N–H and O–H groups in total. The lowest BCUT2D eigenvalue weighted by molar-refractivity contribution is 0.0213. The molecule has 5 rings (SSSR count). The Morgan fingerprint density at radius 3 is 2.41 bits per heavy atom. The molecule has 1 saturated heterocycles. The zero-order valence-corrected chi connectivity index (χ0v) is 20.9. The minimum atomic E-state index is -0.244. The summed E-state index contributed by atoms with van der Waals surface area (Å²) in [5.41, 5.74) is 2.44. The van der Waals surface area contributed by atoms with Gasteiger partial charge in [-0.1, -0.05) is 38.1 Å². The van der Waals surface area contributed by atoms with Crippen LogP contribution in [-0.4, -0.2) is 41.4 Å². The predicted molar refractivity (Wildman–Crippen MR) is 138 cm³/mol. The van der Waals surface area contributed by atoms with Gasteiger partial charge in [-0.15, -0.1) is 24.2 Å². The highest BCUT2D eigenvalue weighted by Gasteiger charge is 2.34. The number of benzene rings is 3. The van der Waals surface area contributed by atoms with Crippen molar-refractivity contribution in [2.45, 2.75) is 30.1 Å². The number of likely N-dealkylation sites (tertiary alicyclic amines) is 1. The van der Waals surface area contributed by atoms with Crippen LogP contribution >= 0.6 is 24.2 Å². The first-order valence-corrected chi connectivity index (χ1v) is 12.1. The number of rotatable bonds is 6. The molecule has 5 nitrogen and oxygen atoms in total. The summed E-state index contributed by atoms with van der Waals surface area (Å²) in [5.74, 6) is 2.03. The molecule has 2 heterocycles. The fraction of sp³-hybridized carbons (Fsp3) is 0.333. The van der Waals surface area contributed by atoms with Crippen LogP contribution < -0.4 is 9.47 Å². The summed E-state index contributed by atoms with van der Waals surface area (Å²) in [7, 11) is 0. The van der Waals surface area contributed by atoms with Gasteiger partial charge in [-0.3, -0.25) is 4.90 Å². The molecule has 180 valence electrons. The molecular weight excluding hydrogens is 470 g/mol. The quantitative estimate of drug-likeness (QED) is 0.420. The van der Waals surface area contributed by atoms with Crippen LogP contribution in [0.3, 0.4) is 0 Å². The van der Waals surface area contributed by atoms with E-state index in [2.05, 4.69) is 30.9 Å². The SMILES string of the molecule is CC1(C)CN(CCOc2ccc([C@@H]3Oc4ccc(O)cc4S[C@@H]3c3cccc(O)c3)cc2)C1.Cl. The highest BCUT2D eigenvalue weighted by atomic mass is 35.5. The summed E-state index contributed by atoms with van der Waals surface area (Å²) >= 11 is 1.63. The number of hydrogen-bond acceptors (Lipinski definition) is 6. The maximum Gasteiger partial charge on any atom is 0.140 e. The van der Waals surface area contributed by atoms with Crippen LogP contribution in [0.2, 0.25) is 0 Å². The Hall–Kier alpha value is -2.54. The van der Waals surface area contributed by atoms with E-state index in [9.17, 15) is 10.2 Å². The van der Waals surface area contributed by atoms with E-state index in [4.69, 9.17) is 9.47 Å². The lowest BCUT2D eigenvalue weighted by atomic mass is 9.84. The minimum Gasteiger partial charge on any atom is -0.508 e. The van der Waals surface area contributed by atoms with Gasteiger partial charge in [-0.05, 0) is 59.0 Å². The van der Waals surface area contributed by atoms with Crippen LogP contribution in [0.25, 0.3) is 0 Å². The van der Waals surface area contributed by atoms with Gasteiger partial charge < -0.3 is 19.7 Å². The average molecular weight is 500 g/mol. The van der Waals surface area contributed by atoms with Gasteiger partial charge in [0.05, 0.1) is 10.1 Å². The van der Waals surface area contributed by atoms with Crippen LogP contribution in [0.4, 0.5) is 0 Å².